The number of aryl methyl sites for hydroxylation is 2. The molecule has 1 unspecified atom stereocenters. The first-order valence-corrected chi connectivity index (χ1v) is 7.92. The molecule has 110 valence electrons. The molecule has 21 heavy (non-hydrogen) atoms. The Kier molecular flexibility index (Phi) is 4.26. The van der Waals surface area contributed by atoms with Gasteiger partial charge in [-0.25, -0.2) is 0 Å². The zero-order chi connectivity index (χ0) is 14.7. The highest BCUT2D eigenvalue weighted by atomic mass is 14.9. The Bertz CT molecular complexity index is 619. The molecular weight excluding hydrogens is 256 g/mol. The third-order valence-electron chi connectivity index (χ3n) is 4.53. The zero-order valence-corrected chi connectivity index (χ0v) is 12.7. The number of hydrogen-bond acceptors (Lipinski definition) is 2. The number of rotatable bonds is 4. The van der Waals surface area contributed by atoms with E-state index in [4.69, 9.17) is 5.73 Å². The van der Waals surface area contributed by atoms with Crippen LogP contribution in [0.4, 0.5) is 5.69 Å². The van der Waals surface area contributed by atoms with Gasteiger partial charge in [0.1, 0.15) is 0 Å². The van der Waals surface area contributed by atoms with E-state index in [9.17, 15) is 0 Å². The summed E-state index contributed by atoms with van der Waals surface area (Å²) < 4.78 is 0. The predicted octanol–water partition coefficient (Wildman–Crippen LogP) is 4.00. The molecule has 2 heteroatoms. The number of nitrogens with one attached hydrogen (secondary N) is 1. The van der Waals surface area contributed by atoms with Crippen molar-refractivity contribution in [2.45, 2.75) is 45.2 Å². The molecule has 1 aliphatic carbocycles. The zero-order valence-electron chi connectivity index (χ0n) is 12.7. The number of nitrogens with two attached hydrogens (primary N) is 1. The van der Waals surface area contributed by atoms with Gasteiger partial charge in [-0.05, 0) is 60.9 Å². The summed E-state index contributed by atoms with van der Waals surface area (Å²) in [7, 11) is 0. The monoisotopic (exact) mass is 280 g/mol. The van der Waals surface area contributed by atoms with Crippen molar-refractivity contribution in [2.75, 3.05) is 5.73 Å². The Morgan fingerprint density at radius 1 is 1.05 bits per heavy atom. The molecule has 0 aliphatic heterocycles. The molecule has 0 fully saturated rings. The maximum Gasteiger partial charge on any atom is 0.0359 e. The first kappa shape index (κ1) is 14.2. The van der Waals surface area contributed by atoms with Crippen LogP contribution in [-0.4, -0.2) is 0 Å². The van der Waals surface area contributed by atoms with Gasteiger partial charge in [0.15, 0.2) is 0 Å². The predicted molar refractivity (Wildman–Crippen MR) is 89.2 cm³/mol. The van der Waals surface area contributed by atoms with Gasteiger partial charge in [-0.2, -0.15) is 0 Å². The van der Waals surface area contributed by atoms with Crippen LogP contribution in [0, 0.1) is 0 Å². The third-order valence-corrected chi connectivity index (χ3v) is 4.53. The van der Waals surface area contributed by atoms with Gasteiger partial charge in [-0.15, -0.1) is 0 Å². The quantitative estimate of drug-likeness (QED) is 0.831. The first-order chi connectivity index (χ1) is 10.2. The Balaban J connectivity index is 1.68. The molecule has 1 aliphatic rings. The molecule has 0 bridgehead atoms. The summed E-state index contributed by atoms with van der Waals surface area (Å²) in [6, 6.07) is 15.4. The van der Waals surface area contributed by atoms with Crippen LogP contribution in [0.5, 0.6) is 0 Å². The number of hydrogen-bond donors (Lipinski definition) is 2. The number of anilines is 1. The third kappa shape index (κ3) is 3.27. The SMILES string of the molecule is CC(NCc1ccccc1N)c1ccc2c(c1)CCCC2. The summed E-state index contributed by atoms with van der Waals surface area (Å²) in [5.41, 5.74) is 12.5. The molecule has 0 heterocycles. The summed E-state index contributed by atoms with van der Waals surface area (Å²) in [5, 5.41) is 3.58. The highest BCUT2D eigenvalue weighted by Crippen LogP contribution is 2.25. The Morgan fingerprint density at radius 3 is 2.62 bits per heavy atom. The minimum Gasteiger partial charge on any atom is -0.398 e. The maximum atomic E-state index is 6.00. The number of nitrogen functional groups attached to an aromatic ring is 1. The van der Waals surface area contributed by atoms with Crippen molar-refractivity contribution >= 4 is 5.69 Å². The van der Waals surface area contributed by atoms with Gasteiger partial charge < -0.3 is 11.1 Å². The smallest absolute Gasteiger partial charge is 0.0359 e. The lowest BCUT2D eigenvalue weighted by molar-refractivity contribution is 0.573. The number of fused-ring (bicyclic) bond motifs is 1. The molecule has 0 radical (unpaired) electrons. The fraction of sp³-hybridized carbons (Fsp3) is 0.368. The lowest BCUT2D eigenvalue weighted by Gasteiger charge is -2.20. The molecular formula is C19H24N2. The fourth-order valence-electron chi connectivity index (χ4n) is 3.10. The van der Waals surface area contributed by atoms with Gasteiger partial charge in [0, 0.05) is 18.3 Å². The van der Waals surface area contributed by atoms with E-state index in [0.717, 1.165) is 12.2 Å². The standard InChI is InChI=1S/C19H24N2/c1-14(21-13-18-8-4-5-9-19(18)20)16-11-10-15-6-2-3-7-17(15)12-16/h4-5,8-12,14,21H,2-3,6-7,13,20H2,1H3. The summed E-state index contributed by atoms with van der Waals surface area (Å²) in [5.74, 6) is 0. The minimum absolute atomic E-state index is 0.344. The van der Waals surface area contributed by atoms with Gasteiger partial charge in [0.05, 0.1) is 0 Å². The highest BCUT2D eigenvalue weighted by molar-refractivity contribution is 5.46. The van der Waals surface area contributed by atoms with E-state index in [0.29, 0.717) is 6.04 Å². The Morgan fingerprint density at radius 2 is 1.81 bits per heavy atom. The molecule has 0 aromatic heterocycles. The van der Waals surface area contributed by atoms with E-state index in [1.165, 1.54) is 36.8 Å². The van der Waals surface area contributed by atoms with E-state index in [2.05, 4.69) is 36.5 Å². The molecule has 3 rings (SSSR count). The van der Waals surface area contributed by atoms with Gasteiger partial charge >= 0.3 is 0 Å². The second-order valence-corrected chi connectivity index (χ2v) is 6.04. The van der Waals surface area contributed by atoms with Crippen molar-refractivity contribution in [3.8, 4) is 0 Å². The minimum atomic E-state index is 0.344. The van der Waals surface area contributed by atoms with Crippen molar-refractivity contribution in [1.82, 2.24) is 5.32 Å². The lowest BCUT2D eigenvalue weighted by atomic mass is 9.89. The molecule has 0 saturated heterocycles. The largest absolute Gasteiger partial charge is 0.398 e. The summed E-state index contributed by atoms with van der Waals surface area (Å²) in [4.78, 5) is 0. The molecule has 2 aromatic carbocycles. The topological polar surface area (TPSA) is 38.0 Å². The molecule has 0 spiro atoms. The number of para-hydroxylation sites is 1. The van der Waals surface area contributed by atoms with Crippen LogP contribution >= 0.6 is 0 Å². The summed E-state index contributed by atoms with van der Waals surface area (Å²) in [6.45, 7) is 3.04. The molecule has 2 aromatic rings. The van der Waals surface area contributed by atoms with Gasteiger partial charge in [-0.3, -0.25) is 0 Å². The lowest BCUT2D eigenvalue weighted by Crippen LogP contribution is -2.19. The van der Waals surface area contributed by atoms with Crippen molar-refractivity contribution in [3.63, 3.8) is 0 Å². The van der Waals surface area contributed by atoms with Crippen LogP contribution in [0.3, 0.4) is 0 Å². The van der Waals surface area contributed by atoms with Crippen LogP contribution in [-0.2, 0) is 19.4 Å². The highest BCUT2D eigenvalue weighted by Gasteiger charge is 2.12. The van der Waals surface area contributed by atoms with Crippen LogP contribution < -0.4 is 11.1 Å². The first-order valence-electron chi connectivity index (χ1n) is 7.92. The van der Waals surface area contributed by atoms with Crippen LogP contribution in [0.25, 0.3) is 0 Å². The van der Waals surface area contributed by atoms with Crippen LogP contribution in [0.1, 0.15) is 48.1 Å². The average molecular weight is 280 g/mol. The Hall–Kier alpha value is -1.80. The van der Waals surface area contributed by atoms with Crippen LogP contribution in [0.15, 0.2) is 42.5 Å². The van der Waals surface area contributed by atoms with Gasteiger partial charge in [0.25, 0.3) is 0 Å². The van der Waals surface area contributed by atoms with Crippen molar-refractivity contribution < 1.29 is 0 Å². The summed E-state index contributed by atoms with van der Waals surface area (Å²) >= 11 is 0. The summed E-state index contributed by atoms with van der Waals surface area (Å²) in [6.07, 6.45) is 5.16. The van der Waals surface area contributed by atoms with Gasteiger partial charge in [-0.1, -0.05) is 36.4 Å². The van der Waals surface area contributed by atoms with E-state index < -0.39 is 0 Å². The normalized spacial score (nSPS) is 15.5. The van der Waals surface area contributed by atoms with Crippen molar-refractivity contribution in [3.05, 3.63) is 64.7 Å². The molecule has 3 N–H and O–H groups in total. The van der Waals surface area contributed by atoms with E-state index in [-0.39, 0.29) is 0 Å². The molecule has 0 saturated carbocycles. The second-order valence-electron chi connectivity index (χ2n) is 6.04. The molecule has 1 atom stereocenters. The van der Waals surface area contributed by atoms with Gasteiger partial charge in [0.2, 0.25) is 0 Å². The average Bonchev–Trinajstić information content (AvgIpc) is 2.53. The van der Waals surface area contributed by atoms with E-state index in [1.807, 2.05) is 18.2 Å². The molecule has 2 nitrogen and oxygen atoms in total. The van der Waals surface area contributed by atoms with E-state index in [1.54, 1.807) is 11.1 Å². The van der Waals surface area contributed by atoms with Crippen LogP contribution in [0.2, 0.25) is 0 Å². The second kappa shape index (κ2) is 6.31. The van der Waals surface area contributed by atoms with Crippen molar-refractivity contribution in [2.24, 2.45) is 0 Å². The molecule has 0 amide bonds. The number of benzene rings is 2. The van der Waals surface area contributed by atoms with E-state index >= 15 is 0 Å². The Labute approximate surface area is 127 Å². The fourth-order valence-corrected chi connectivity index (χ4v) is 3.10. The van der Waals surface area contributed by atoms with Crippen molar-refractivity contribution in [1.29, 1.82) is 0 Å². The maximum absolute atomic E-state index is 6.00.